The molecular formula is C23H26F2N4O4. The molecule has 0 unspecified atom stereocenters. The van der Waals surface area contributed by atoms with E-state index in [4.69, 9.17) is 14.2 Å². The normalized spacial score (nSPS) is 13.5. The third-order valence-electron chi connectivity index (χ3n) is 5.23. The van der Waals surface area contributed by atoms with Gasteiger partial charge in [-0.2, -0.15) is 8.78 Å². The Morgan fingerprint density at radius 3 is 2.70 bits per heavy atom. The van der Waals surface area contributed by atoms with Crippen molar-refractivity contribution in [3.8, 4) is 28.5 Å². The van der Waals surface area contributed by atoms with Crippen LogP contribution in [0.4, 0.5) is 8.78 Å². The lowest BCUT2D eigenvalue weighted by Gasteiger charge is -2.16. The van der Waals surface area contributed by atoms with Gasteiger partial charge in [0.1, 0.15) is 35.1 Å². The quantitative estimate of drug-likeness (QED) is 0.500. The molecule has 1 aliphatic rings. The van der Waals surface area contributed by atoms with Crippen LogP contribution in [0.2, 0.25) is 0 Å². The molecule has 2 heterocycles. The van der Waals surface area contributed by atoms with Gasteiger partial charge in [0.05, 0.1) is 19.0 Å². The molecule has 1 amide bonds. The van der Waals surface area contributed by atoms with E-state index in [1.807, 2.05) is 19.0 Å². The summed E-state index contributed by atoms with van der Waals surface area (Å²) >= 11 is 0. The van der Waals surface area contributed by atoms with E-state index in [1.54, 1.807) is 35.0 Å². The van der Waals surface area contributed by atoms with E-state index in [-0.39, 0.29) is 23.1 Å². The van der Waals surface area contributed by atoms with Crippen molar-refractivity contribution in [3.05, 3.63) is 42.2 Å². The van der Waals surface area contributed by atoms with Crippen LogP contribution in [-0.4, -0.2) is 67.2 Å². The predicted octanol–water partition coefficient (Wildman–Crippen LogP) is 3.44. The molecule has 176 valence electrons. The highest BCUT2D eigenvalue weighted by Crippen LogP contribution is 2.37. The van der Waals surface area contributed by atoms with Gasteiger partial charge in [0, 0.05) is 30.4 Å². The number of halogens is 2. The summed E-state index contributed by atoms with van der Waals surface area (Å²) in [6.07, 6.45) is 5.12. The molecule has 0 saturated heterocycles. The molecule has 0 aliphatic heterocycles. The van der Waals surface area contributed by atoms with Crippen molar-refractivity contribution >= 4 is 11.6 Å². The SMILES string of the molecule is COc1cc(-c2cnc3cc(OCCN(C)C)ccn23)cc(OC(F)F)c1C(=O)NC1CC1. The van der Waals surface area contributed by atoms with Gasteiger partial charge in [0.25, 0.3) is 5.91 Å². The number of benzene rings is 1. The number of amides is 1. The highest BCUT2D eigenvalue weighted by molar-refractivity contribution is 6.01. The molecule has 0 atom stereocenters. The van der Waals surface area contributed by atoms with Crippen molar-refractivity contribution < 1.29 is 27.8 Å². The van der Waals surface area contributed by atoms with E-state index >= 15 is 0 Å². The number of alkyl halides is 2. The summed E-state index contributed by atoms with van der Waals surface area (Å²) < 4.78 is 44.0. The van der Waals surface area contributed by atoms with Gasteiger partial charge in [-0.15, -0.1) is 0 Å². The van der Waals surface area contributed by atoms with Crippen molar-refractivity contribution in [2.45, 2.75) is 25.5 Å². The zero-order valence-electron chi connectivity index (χ0n) is 18.7. The lowest BCUT2D eigenvalue weighted by Crippen LogP contribution is -2.26. The number of rotatable bonds is 10. The first kappa shape index (κ1) is 22.8. The Morgan fingerprint density at radius 1 is 1.27 bits per heavy atom. The average molecular weight is 460 g/mol. The van der Waals surface area contributed by atoms with E-state index in [2.05, 4.69) is 10.3 Å². The Labute approximate surface area is 190 Å². The van der Waals surface area contributed by atoms with Crippen LogP contribution in [0.1, 0.15) is 23.2 Å². The Bertz CT molecular complexity index is 1140. The number of likely N-dealkylation sites (N-methyl/N-ethyl adjacent to an activating group) is 1. The largest absolute Gasteiger partial charge is 0.496 e. The van der Waals surface area contributed by atoms with Crippen LogP contribution < -0.4 is 19.5 Å². The molecule has 1 fully saturated rings. The summed E-state index contributed by atoms with van der Waals surface area (Å²) in [5.41, 5.74) is 1.70. The molecule has 0 bridgehead atoms. The van der Waals surface area contributed by atoms with E-state index in [0.717, 1.165) is 19.4 Å². The number of pyridine rings is 1. The Balaban J connectivity index is 1.69. The van der Waals surface area contributed by atoms with Gasteiger partial charge in [-0.3, -0.25) is 9.20 Å². The van der Waals surface area contributed by atoms with E-state index in [9.17, 15) is 13.6 Å². The molecule has 1 aliphatic carbocycles. The van der Waals surface area contributed by atoms with Crippen LogP contribution in [-0.2, 0) is 0 Å². The molecule has 0 spiro atoms. The van der Waals surface area contributed by atoms with Gasteiger partial charge >= 0.3 is 6.61 Å². The lowest BCUT2D eigenvalue weighted by molar-refractivity contribution is -0.0502. The Hall–Kier alpha value is -3.40. The summed E-state index contributed by atoms with van der Waals surface area (Å²) in [4.78, 5) is 19.1. The average Bonchev–Trinajstić information content (AvgIpc) is 3.47. The highest BCUT2D eigenvalue weighted by atomic mass is 19.3. The van der Waals surface area contributed by atoms with Gasteiger partial charge in [0.2, 0.25) is 0 Å². The second kappa shape index (κ2) is 9.62. The molecule has 33 heavy (non-hydrogen) atoms. The number of hydrogen-bond acceptors (Lipinski definition) is 6. The highest BCUT2D eigenvalue weighted by Gasteiger charge is 2.29. The smallest absolute Gasteiger partial charge is 0.387 e. The van der Waals surface area contributed by atoms with Crippen LogP contribution in [0, 0.1) is 0 Å². The molecule has 3 aromatic rings. The molecule has 1 N–H and O–H groups in total. The fourth-order valence-electron chi connectivity index (χ4n) is 3.41. The number of hydrogen-bond donors (Lipinski definition) is 1. The van der Waals surface area contributed by atoms with Crippen LogP contribution >= 0.6 is 0 Å². The molecule has 0 radical (unpaired) electrons. The molecule has 1 aromatic carbocycles. The lowest BCUT2D eigenvalue weighted by atomic mass is 10.1. The first-order chi connectivity index (χ1) is 15.9. The molecule has 2 aromatic heterocycles. The first-order valence-electron chi connectivity index (χ1n) is 10.6. The maximum atomic E-state index is 13.2. The third-order valence-corrected chi connectivity index (χ3v) is 5.23. The van der Waals surface area contributed by atoms with Gasteiger partial charge in [0.15, 0.2) is 0 Å². The Morgan fingerprint density at radius 2 is 2.03 bits per heavy atom. The number of carbonyl (C=O) groups is 1. The van der Waals surface area contributed by atoms with Crippen molar-refractivity contribution in [3.63, 3.8) is 0 Å². The van der Waals surface area contributed by atoms with Gasteiger partial charge in [-0.1, -0.05) is 0 Å². The fourth-order valence-corrected chi connectivity index (χ4v) is 3.41. The first-order valence-corrected chi connectivity index (χ1v) is 10.6. The van der Waals surface area contributed by atoms with E-state index < -0.39 is 12.5 Å². The second-order valence-corrected chi connectivity index (χ2v) is 8.06. The van der Waals surface area contributed by atoms with Crippen LogP contribution in [0.25, 0.3) is 16.9 Å². The monoisotopic (exact) mass is 460 g/mol. The summed E-state index contributed by atoms with van der Waals surface area (Å²) in [5, 5.41) is 2.79. The van der Waals surface area contributed by atoms with Crippen molar-refractivity contribution in [1.29, 1.82) is 0 Å². The maximum Gasteiger partial charge on any atom is 0.387 e. The summed E-state index contributed by atoms with van der Waals surface area (Å²) in [5.74, 6) is 0.0538. The minimum atomic E-state index is -3.10. The number of ether oxygens (including phenoxy) is 3. The number of fused-ring (bicyclic) bond motifs is 1. The minimum Gasteiger partial charge on any atom is -0.496 e. The Kier molecular flexibility index (Phi) is 6.64. The number of imidazole rings is 1. The summed E-state index contributed by atoms with van der Waals surface area (Å²) in [6.45, 7) is -1.79. The molecule has 8 nitrogen and oxygen atoms in total. The topological polar surface area (TPSA) is 77.3 Å². The van der Waals surface area contributed by atoms with Gasteiger partial charge in [-0.05, 0) is 45.1 Å². The van der Waals surface area contributed by atoms with Crippen molar-refractivity contribution in [2.75, 3.05) is 34.4 Å². The maximum absolute atomic E-state index is 13.2. The molecule has 10 heteroatoms. The third kappa shape index (κ3) is 5.33. The molecule has 1 saturated carbocycles. The fraction of sp³-hybridized carbons (Fsp3) is 0.391. The number of carbonyl (C=O) groups excluding carboxylic acids is 1. The van der Waals surface area contributed by atoms with Crippen LogP contribution in [0.3, 0.4) is 0 Å². The van der Waals surface area contributed by atoms with Crippen LogP contribution in [0.5, 0.6) is 17.2 Å². The number of aromatic nitrogens is 2. The zero-order valence-corrected chi connectivity index (χ0v) is 18.7. The van der Waals surface area contributed by atoms with Crippen molar-refractivity contribution in [2.24, 2.45) is 0 Å². The number of nitrogens with zero attached hydrogens (tertiary/aromatic N) is 3. The van der Waals surface area contributed by atoms with E-state index in [1.165, 1.54) is 13.2 Å². The molecular weight excluding hydrogens is 434 g/mol. The zero-order chi connectivity index (χ0) is 23.5. The van der Waals surface area contributed by atoms with Gasteiger partial charge in [-0.25, -0.2) is 4.98 Å². The molecule has 4 rings (SSSR count). The standard InChI is InChI=1S/C23H26F2N4O4/c1-28(2)8-9-32-16-6-7-29-17(13-26-20(29)12-16)14-10-18(31-3)21(19(11-14)33-23(24)25)22(30)27-15-4-5-15/h6-7,10-13,15,23H,4-5,8-9H2,1-3H3,(H,27,30). The minimum absolute atomic E-state index is 0.0502. The summed E-state index contributed by atoms with van der Waals surface area (Å²) in [7, 11) is 5.31. The number of methoxy groups -OCH3 is 1. The second-order valence-electron chi connectivity index (χ2n) is 8.06. The van der Waals surface area contributed by atoms with Crippen molar-refractivity contribution in [1.82, 2.24) is 19.6 Å². The predicted molar refractivity (Wildman–Crippen MR) is 118 cm³/mol. The number of nitrogens with one attached hydrogen (secondary N) is 1. The van der Waals surface area contributed by atoms with Gasteiger partial charge < -0.3 is 24.4 Å². The van der Waals surface area contributed by atoms with E-state index in [0.29, 0.717) is 29.3 Å². The summed E-state index contributed by atoms with van der Waals surface area (Å²) in [6, 6.07) is 6.67. The van der Waals surface area contributed by atoms with Crippen LogP contribution in [0.15, 0.2) is 36.7 Å².